The average molecular weight is 234 g/mol. The molecule has 0 radical (unpaired) electrons. The van der Waals surface area contributed by atoms with E-state index in [1.807, 2.05) is 0 Å². The van der Waals surface area contributed by atoms with Crippen LogP contribution in [0.4, 0.5) is 20.3 Å². The number of rotatable bonds is 3. The Hall–Kier alpha value is -2.30. The van der Waals surface area contributed by atoms with Crippen molar-refractivity contribution in [3.05, 3.63) is 54.2 Å². The molecular formula is C12H8F2N2O. The van der Waals surface area contributed by atoms with E-state index in [-0.39, 0.29) is 5.69 Å². The molecule has 0 spiro atoms. The molecule has 0 fully saturated rings. The van der Waals surface area contributed by atoms with E-state index in [9.17, 15) is 13.6 Å². The molecule has 0 unspecified atom stereocenters. The molecule has 0 aliphatic rings. The molecule has 0 atom stereocenters. The molecule has 0 N–H and O–H groups in total. The summed E-state index contributed by atoms with van der Waals surface area (Å²) in [5.74, 6) is -1.63. The number of carbonyl (C=O) groups is 1. The maximum Gasteiger partial charge on any atom is 0.219 e. The fourth-order valence-electron chi connectivity index (χ4n) is 1.38. The van der Waals surface area contributed by atoms with E-state index >= 15 is 0 Å². The first kappa shape index (κ1) is 11.2. The van der Waals surface area contributed by atoms with E-state index < -0.39 is 11.6 Å². The average Bonchev–Trinajstić information content (AvgIpc) is 2.36. The van der Waals surface area contributed by atoms with Crippen LogP contribution in [0.2, 0.25) is 0 Å². The largest absolute Gasteiger partial charge is 0.278 e. The van der Waals surface area contributed by atoms with E-state index in [1.54, 1.807) is 18.2 Å². The summed E-state index contributed by atoms with van der Waals surface area (Å²) < 4.78 is 25.8. The predicted octanol–water partition coefficient (Wildman–Crippen LogP) is 2.65. The van der Waals surface area contributed by atoms with Crippen LogP contribution in [0.25, 0.3) is 0 Å². The second-order valence-corrected chi connectivity index (χ2v) is 3.26. The molecule has 3 nitrogen and oxygen atoms in total. The number of pyridine rings is 1. The van der Waals surface area contributed by atoms with Crippen LogP contribution in [0.1, 0.15) is 0 Å². The van der Waals surface area contributed by atoms with Crippen molar-refractivity contribution in [2.45, 2.75) is 0 Å². The van der Waals surface area contributed by atoms with E-state index in [2.05, 4.69) is 4.98 Å². The fourth-order valence-corrected chi connectivity index (χ4v) is 1.38. The molecule has 2 aromatic rings. The Balaban J connectivity index is 2.42. The molecule has 0 saturated carbocycles. The summed E-state index contributed by atoms with van der Waals surface area (Å²) in [5, 5.41) is 0. The van der Waals surface area contributed by atoms with Gasteiger partial charge >= 0.3 is 0 Å². The van der Waals surface area contributed by atoms with E-state index in [4.69, 9.17) is 0 Å². The van der Waals surface area contributed by atoms with Crippen LogP contribution < -0.4 is 4.90 Å². The molecule has 5 heteroatoms. The van der Waals surface area contributed by atoms with Gasteiger partial charge in [0.2, 0.25) is 6.41 Å². The van der Waals surface area contributed by atoms with Gasteiger partial charge in [-0.2, -0.15) is 0 Å². The normalized spacial score (nSPS) is 10.0. The molecule has 0 aliphatic carbocycles. The summed E-state index contributed by atoms with van der Waals surface area (Å²) in [5.41, 5.74) is 0.220. The van der Waals surface area contributed by atoms with Gasteiger partial charge in [0.25, 0.3) is 0 Å². The number of halogens is 2. The standard InChI is InChI=1S/C12H8F2N2O/c13-10-5-4-9(7-11(10)14)16(8-17)12-3-1-2-6-15-12/h1-8H. The molecule has 0 aliphatic heterocycles. The monoisotopic (exact) mass is 234 g/mol. The van der Waals surface area contributed by atoms with Gasteiger partial charge in [-0.25, -0.2) is 13.8 Å². The molecule has 2 rings (SSSR count). The van der Waals surface area contributed by atoms with Crippen molar-refractivity contribution in [3.8, 4) is 0 Å². The lowest BCUT2D eigenvalue weighted by Gasteiger charge is -2.16. The third kappa shape index (κ3) is 2.28. The quantitative estimate of drug-likeness (QED) is 0.765. The van der Waals surface area contributed by atoms with Gasteiger partial charge in [0.1, 0.15) is 5.82 Å². The lowest BCUT2D eigenvalue weighted by Crippen LogP contribution is -2.15. The topological polar surface area (TPSA) is 33.2 Å². The minimum atomic E-state index is -1.01. The first-order chi connectivity index (χ1) is 8.22. The van der Waals surface area contributed by atoms with Crippen molar-refractivity contribution in [2.24, 2.45) is 0 Å². The summed E-state index contributed by atoms with van der Waals surface area (Å²) >= 11 is 0. The Morgan fingerprint density at radius 2 is 1.94 bits per heavy atom. The summed E-state index contributed by atoms with van der Waals surface area (Å²) in [6, 6.07) is 8.19. The minimum absolute atomic E-state index is 0.220. The molecule has 0 saturated heterocycles. The van der Waals surface area contributed by atoms with Gasteiger partial charge < -0.3 is 0 Å². The number of amides is 1. The van der Waals surface area contributed by atoms with Gasteiger partial charge in [0, 0.05) is 12.3 Å². The Kier molecular flexibility index (Phi) is 3.09. The zero-order valence-corrected chi connectivity index (χ0v) is 8.68. The summed E-state index contributed by atoms with van der Waals surface area (Å²) in [6.45, 7) is 0. The van der Waals surface area contributed by atoms with Crippen molar-refractivity contribution in [1.82, 2.24) is 4.98 Å². The number of anilines is 2. The number of hydrogen-bond acceptors (Lipinski definition) is 2. The van der Waals surface area contributed by atoms with Gasteiger partial charge in [-0.1, -0.05) is 6.07 Å². The maximum atomic E-state index is 13.1. The molecule has 0 bridgehead atoms. The molecule has 1 amide bonds. The lowest BCUT2D eigenvalue weighted by atomic mass is 10.2. The van der Waals surface area contributed by atoms with Gasteiger partial charge in [-0.3, -0.25) is 9.69 Å². The van der Waals surface area contributed by atoms with E-state index in [0.29, 0.717) is 12.2 Å². The highest BCUT2D eigenvalue weighted by atomic mass is 19.2. The zero-order valence-electron chi connectivity index (χ0n) is 8.68. The van der Waals surface area contributed by atoms with E-state index in [0.717, 1.165) is 17.0 Å². The maximum absolute atomic E-state index is 13.1. The summed E-state index contributed by atoms with van der Waals surface area (Å²) in [7, 11) is 0. The van der Waals surface area contributed by atoms with Gasteiger partial charge in [0.05, 0.1) is 5.69 Å². The van der Waals surface area contributed by atoms with Crippen LogP contribution in [-0.2, 0) is 4.79 Å². The van der Waals surface area contributed by atoms with E-state index in [1.165, 1.54) is 12.3 Å². The van der Waals surface area contributed by atoms with Crippen molar-refractivity contribution < 1.29 is 13.6 Å². The van der Waals surface area contributed by atoms with Gasteiger partial charge in [-0.05, 0) is 24.3 Å². The SMILES string of the molecule is O=CN(c1ccc(F)c(F)c1)c1ccccn1. The van der Waals surface area contributed by atoms with Crippen LogP contribution >= 0.6 is 0 Å². The molecule has 1 heterocycles. The second kappa shape index (κ2) is 4.69. The molecule has 1 aromatic heterocycles. The first-order valence-corrected chi connectivity index (χ1v) is 4.83. The first-order valence-electron chi connectivity index (χ1n) is 4.83. The Morgan fingerprint density at radius 1 is 1.12 bits per heavy atom. The number of carbonyl (C=O) groups excluding carboxylic acids is 1. The van der Waals surface area contributed by atoms with Crippen LogP contribution in [0.15, 0.2) is 42.6 Å². The number of benzene rings is 1. The van der Waals surface area contributed by atoms with Crippen LogP contribution in [0.5, 0.6) is 0 Å². The summed E-state index contributed by atoms with van der Waals surface area (Å²) in [6.07, 6.45) is 2.00. The number of aromatic nitrogens is 1. The lowest BCUT2D eigenvalue weighted by molar-refractivity contribution is -0.106. The zero-order chi connectivity index (χ0) is 12.3. The van der Waals surface area contributed by atoms with Crippen LogP contribution in [0.3, 0.4) is 0 Å². The highest BCUT2D eigenvalue weighted by molar-refractivity contribution is 5.84. The predicted molar refractivity (Wildman–Crippen MR) is 58.8 cm³/mol. The molecular weight excluding hydrogens is 226 g/mol. The van der Waals surface area contributed by atoms with Gasteiger partial charge in [0.15, 0.2) is 11.6 Å². The van der Waals surface area contributed by atoms with Crippen LogP contribution in [0, 0.1) is 11.6 Å². The Bertz CT molecular complexity index is 531. The Morgan fingerprint density at radius 3 is 2.53 bits per heavy atom. The van der Waals surface area contributed by atoms with Gasteiger partial charge in [-0.15, -0.1) is 0 Å². The molecule has 17 heavy (non-hydrogen) atoms. The summed E-state index contributed by atoms with van der Waals surface area (Å²) in [4.78, 5) is 16.1. The minimum Gasteiger partial charge on any atom is -0.278 e. The highest BCUT2D eigenvalue weighted by Crippen LogP contribution is 2.23. The number of nitrogens with zero attached hydrogens (tertiary/aromatic N) is 2. The Labute approximate surface area is 96.3 Å². The smallest absolute Gasteiger partial charge is 0.219 e. The highest BCUT2D eigenvalue weighted by Gasteiger charge is 2.11. The molecule has 86 valence electrons. The third-order valence-corrected chi connectivity index (χ3v) is 2.18. The van der Waals surface area contributed by atoms with Crippen molar-refractivity contribution >= 4 is 17.9 Å². The van der Waals surface area contributed by atoms with Crippen molar-refractivity contribution in [3.63, 3.8) is 0 Å². The third-order valence-electron chi connectivity index (χ3n) is 2.18. The van der Waals surface area contributed by atoms with Crippen molar-refractivity contribution in [2.75, 3.05) is 4.90 Å². The fraction of sp³-hybridized carbons (Fsp3) is 0. The van der Waals surface area contributed by atoms with Crippen molar-refractivity contribution in [1.29, 1.82) is 0 Å². The van der Waals surface area contributed by atoms with Crippen LogP contribution in [-0.4, -0.2) is 11.4 Å². The number of hydrogen-bond donors (Lipinski definition) is 0. The molecule has 1 aromatic carbocycles. The second-order valence-electron chi connectivity index (χ2n) is 3.26.